The number of amides is 1. The second-order valence-electron chi connectivity index (χ2n) is 6.81. The maximum absolute atomic E-state index is 12.2. The van der Waals surface area contributed by atoms with Crippen LogP contribution in [0, 0.1) is 5.92 Å². The predicted molar refractivity (Wildman–Crippen MR) is 98.2 cm³/mol. The van der Waals surface area contributed by atoms with E-state index in [0.717, 1.165) is 24.8 Å². The van der Waals surface area contributed by atoms with Gasteiger partial charge in [-0.25, -0.2) is 9.78 Å². The smallest absolute Gasteiger partial charge is 0.331 e. The Morgan fingerprint density at radius 1 is 1.31 bits per heavy atom. The van der Waals surface area contributed by atoms with Crippen molar-refractivity contribution < 1.29 is 18.7 Å². The number of carbonyl (C=O) groups is 2. The van der Waals surface area contributed by atoms with E-state index < -0.39 is 12.1 Å². The van der Waals surface area contributed by atoms with Crippen LogP contribution in [0.2, 0.25) is 0 Å². The summed E-state index contributed by atoms with van der Waals surface area (Å²) in [5.74, 6) is -0.0927. The first-order chi connectivity index (χ1) is 12.5. The van der Waals surface area contributed by atoms with E-state index in [1.165, 1.54) is 18.6 Å². The standard InChI is InChI=1S/C20H24N2O4/c1-13-7-3-4-8-15(13)22-20(24)14(2)25-19(23)12-11-18-21-16-9-5-6-10-17(16)26-18/h5-6,9-15H,3-4,7-8H2,1-2H3,(H,22,24)/b12-11+. The molecule has 3 atom stereocenters. The molecule has 3 unspecified atom stereocenters. The number of fused-ring (bicyclic) bond motifs is 1. The molecule has 1 aromatic heterocycles. The summed E-state index contributed by atoms with van der Waals surface area (Å²) in [7, 11) is 0. The molecule has 6 nitrogen and oxygen atoms in total. The number of oxazole rings is 1. The van der Waals surface area contributed by atoms with Crippen molar-refractivity contribution in [3.8, 4) is 0 Å². The normalized spacial score (nSPS) is 21.6. The van der Waals surface area contributed by atoms with Gasteiger partial charge in [-0.3, -0.25) is 4.79 Å². The highest BCUT2D eigenvalue weighted by Gasteiger charge is 2.25. The first-order valence-electron chi connectivity index (χ1n) is 9.07. The van der Waals surface area contributed by atoms with Crippen LogP contribution in [-0.2, 0) is 14.3 Å². The third-order valence-corrected chi connectivity index (χ3v) is 4.77. The Balaban J connectivity index is 1.52. The molecule has 6 heteroatoms. The number of benzene rings is 1. The SMILES string of the molecule is CC(OC(=O)/C=C/c1nc2ccccc2o1)C(=O)NC1CCCCC1C. The van der Waals surface area contributed by atoms with Crippen LogP contribution in [0.3, 0.4) is 0 Å². The van der Waals surface area contributed by atoms with Crippen LogP contribution in [0.25, 0.3) is 17.2 Å². The van der Waals surface area contributed by atoms with E-state index in [0.29, 0.717) is 17.4 Å². The minimum Gasteiger partial charge on any atom is -0.449 e. The third-order valence-electron chi connectivity index (χ3n) is 4.77. The fraction of sp³-hybridized carbons (Fsp3) is 0.450. The molecule has 138 valence electrons. The Bertz CT molecular complexity index is 778. The van der Waals surface area contributed by atoms with E-state index in [-0.39, 0.29) is 11.9 Å². The van der Waals surface area contributed by atoms with Gasteiger partial charge in [-0.15, -0.1) is 0 Å². The molecule has 26 heavy (non-hydrogen) atoms. The van der Waals surface area contributed by atoms with Crippen molar-refractivity contribution in [2.24, 2.45) is 5.92 Å². The van der Waals surface area contributed by atoms with Crippen molar-refractivity contribution in [1.29, 1.82) is 0 Å². The lowest BCUT2D eigenvalue weighted by molar-refractivity contribution is -0.150. The molecule has 0 bridgehead atoms. The topological polar surface area (TPSA) is 81.4 Å². The third kappa shape index (κ3) is 4.50. The first kappa shape index (κ1) is 18.2. The van der Waals surface area contributed by atoms with Crippen molar-refractivity contribution >= 4 is 29.1 Å². The highest BCUT2D eigenvalue weighted by molar-refractivity contribution is 5.90. The number of hydrogen-bond donors (Lipinski definition) is 1. The minimum atomic E-state index is -0.843. The van der Waals surface area contributed by atoms with E-state index >= 15 is 0 Å². The molecule has 0 radical (unpaired) electrons. The lowest BCUT2D eigenvalue weighted by Gasteiger charge is -2.30. The van der Waals surface area contributed by atoms with E-state index in [2.05, 4.69) is 17.2 Å². The van der Waals surface area contributed by atoms with E-state index in [4.69, 9.17) is 9.15 Å². The average Bonchev–Trinajstić information content (AvgIpc) is 3.05. The molecule has 0 saturated heterocycles. The van der Waals surface area contributed by atoms with Gasteiger partial charge in [0.2, 0.25) is 5.89 Å². The van der Waals surface area contributed by atoms with Gasteiger partial charge in [0.25, 0.3) is 5.91 Å². The Morgan fingerprint density at radius 3 is 2.85 bits per heavy atom. The second-order valence-corrected chi connectivity index (χ2v) is 6.81. The minimum absolute atomic E-state index is 0.160. The van der Waals surface area contributed by atoms with Crippen molar-refractivity contribution in [2.75, 3.05) is 0 Å². The lowest BCUT2D eigenvalue weighted by Crippen LogP contribution is -2.45. The van der Waals surface area contributed by atoms with Crippen molar-refractivity contribution in [3.63, 3.8) is 0 Å². The molecule has 3 rings (SSSR count). The van der Waals surface area contributed by atoms with Crippen LogP contribution in [-0.4, -0.2) is 29.0 Å². The Morgan fingerprint density at radius 2 is 2.08 bits per heavy atom. The molecule has 1 N–H and O–H groups in total. The van der Waals surface area contributed by atoms with Gasteiger partial charge in [-0.05, 0) is 37.8 Å². The molecule has 1 fully saturated rings. The van der Waals surface area contributed by atoms with Gasteiger partial charge in [-0.2, -0.15) is 0 Å². The molecular weight excluding hydrogens is 332 g/mol. The molecule has 1 aliphatic rings. The number of aromatic nitrogens is 1. The maximum atomic E-state index is 12.2. The molecular formula is C20H24N2O4. The number of nitrogens with one attached hydrogen (secondary N) is 1. The zero-order chi connectivity index (χ0) is 18.5. The summed E-state index contributed by atoms with van der Waals surface area (Å²) in [5, 5.41) is 2.99. The summed E-state index contributed by atoms with van der Waals surface area (Å²) in [5.41, 5.74) is 1.37. The number of rotatable bonds is 5. The summed E-state index contributed by atoms with van der Waals surface area (Å²) in [4.78, 5) is 28.4. The number of nitrogens with zero attached hydrogens (tertiary/aromatic N) is 1. The predicted octanol–water partition coefficient (Wildman–Crippen LogP) is 3.47. The quantitative estimate of drug-likeness (QED) is 0.655. The molecule has 0 spiro atoms. The molecule has 1 amide bonds. The fourth-order valence-electron chi connectivity index (χ4n) is 3.20. The van der Waals surface area contributed by atoms with E-state index in [1.54, 1.807) is 13.0 Å². The Hall–Kier alpha value is -2.63. The van der Waals surface area contributed by atoms with Gasteiger partial charge in [0.05, 0.1) is 0 Å². The van der Waals surface area contributed by atoms with Gasteiger partial charge in [0.1, 0.15) is 5.52 Å². The monoisotopic (exact) mass is 356 g/mol. The van der Waals surface area contributed by atoms with Crippen molar-refractivity contribution in [3.05, 3.63) is 36.2 Å². The van der Waals surface area contributed by atoms with E-state index in [9.17, 15) is 9.59 Å². The molecule has 1 aromatic carbocycles. The van der Waals surface area contributed by atoms with Gasteiger partial charge in [-0.1, -0.05) is 31.9 Å². The highest BCUT2D eigenvalue weighted by atomic mass is 16.5. The lowest BCUT2D eigenvalue weighted by atomic mass is 9.86. The van der Waals surface area contributed by atoms with Crippen LogP contribution < -0.4 is 5.32 Å². The van der Waals surface area contributed by atoms with Gasteiger partial charge >= 0.3 is 5.97 Å². The number of carbonyl (C=O) groups excluding carboxylic acids is 2. The average molecular weight is 356 g/mol. The number of para-hydroxylation sites is 2. The first-order valence-corrected chi connectivity index (χ1v) is 9.07. The summed E-state index contributed by atoms with van der Waals surface area (Å²) >= 11 is 0. The zero-order valence-electron chi connectivity index (χ0n) is 15.1. The number of esters is 1. The van der Waals surface area contributed by atoms with Crippen LogP contribution in [0.4, 0.5) is 0 Å². The van der Waals surface area contributed by atoms with Crippen LogP contribution in [0.5, 0.6) is 0 Å². The highest BCUT2D eigenvalue weighted by Crippen LogP contribution is 2.23. The summed E-state index contributed by atoms with van der Waals surface area (Å²) < 4.78 is 10.7. The summed E-state index contributed by atoms with van der Waals surface area (Å²) in [6.07, 6.45) is 6.24. The Kier molecular flexibility index (Phi) is 5.71. The Labute approximate surface area is 152 Å². The fourth-order valence-corrected chi connectivity index (χ4v) is 3.20. The van der Waals surface area contributed by atoms with Crippen molar-refractivity contribution in [1.82, 2.24) is 10.3 Å². The van der Waals surface area contributed by atoms with Crippen LogP contribution in [0.15, 0.2) is 34.8 Å². The molecule has 2 aromatic rings. The molecule has 1 aliphatic carbocycles. The zero-order valence-corrected chi connectivity index (χ0v) is 15.1. The second kappa shape index (κ2) is 8.17. The van der Waals surface area contributed by atoms with Gasteiger partial charge < -0.3 is 14.5 Å². The van der Waals surface area contributed by atoms with Crippen LogP contribution >= 0.6 is 0 Å². The summed E-state index contributed by atoms with van der Waals surface area (Å²) in [6.45, 7) is 3.72. The number of ether oxygens (including phenoxy) is 1. The maximum Gasteiger partial charge on any atom is 0.331 e. The molecule has 0 aliphatic heterocycles. The van der Waals surface area contributed by atoms with Crippen LogP contribution in [0.1, 0.15) is 45.4 Å². The van der Waals surface area contributed by atoms with Crippen molar-refractivity contribution in [2.45, 2.75) is 51.7 Å². The molecule has 1 heterocycles. The largest absolute Gasteiger partial charge is 0.449 e. The summed E-state index contributed by atoms with van der Waals surface area (Å²) in [6, 6.07) is 7.50. The molecule has 1 saturated carbocycles. The van der Waals surface area contributed by atoms with Gasteiger partial charge in [0, 0.05) is 18.2 Å². The van der Waals surface area contributed by atoms with E-state index in [1.807, 2.05) is 18.2 Å². The van der Waals surface area contributed by atoms with Gasteiger partial charge in [0.15, 0.2) is 11.7 Å². The number of hydrogen-bond acceptors (Lipinski definition) is 5.